The molecule has 3 aromatic heterocycles. The molecular weight excluding hydrogens is 352 g/mol. The zero-order valence-corrected chi connectivity index (χ0v) is 14.9. The lowest BCUT2D eigenvalue weighted by atomic mass is 10.0. The minimum absolute atomic E-state index is 0.244. The number of primary amides is 1. The second-order valence-electron chi connectivity index (χ2n) is 5.82. The van der Waals surface area contributed by atoms with E-state index in [0.29, 0.717) is 29.1 Å². The molecule has 1 atom stereocenters. The van der Waals surface area contributed by atoms with E-state index in [4.69, 9.17) is 15.6 Å². The molecule has 0 aliphatic rings. The van der Waals surface area contributed by atoms with Crippen molar-refractivity contribution in [1.29, 1.82) is 0 Å². The van der Waals surface area contributed by atoms with Crippen LogP contribution in [0.5, 0.6) is 0 Å². The molecule has 1 unspecified atom stereocenters. The number of hydrogen-bond donors (Lipinski definition) is 3. The summed E-state index contributed by atoms with van der Waals surface area (Å²) >= 11 is 0. The number of anilines is 1. The first kappa shape index (κ1) is 18.4. The van der Waals surface area contributed by atoms with Gasteiger partial charge in [-0.2, -0.15) is 10.2 Å². The maximum atomic E-state index is 11.9. The van der Waals surface area contributed by atoms with E-state index in [1.54, 1.807) is 29.2 Å². The Morgan fingerprint density at radius 1 is 1.33 bits per heavy atom. The highest BCUT2D eigenvalue weighted by Gasteiger charge is 2.19. The van der Waals surface area contributed by atoms with E-state index < -0.39 is 11.9 Å². The number of nitrogens with one attached hydrogen (secondary N) is 1. The number of aromatic nitrogens is 4. The standard InChI is InChI=1S/C17H20N6O4/c1-3-27-10(2)22-9-11(6-20-22)16-12(17(18)26)7-21-23-13(16)4-5-14(23)19-8-15(24)25/h4-7,9-10,19H,3,8H2,1-2H3,(H2,18,26)(H,24,25). The molecule has 3 rings (SSSR count). The van der Waals surface area contributed by atoms with Crippen molar-refractivity contribution < 1.29 is 19.4 Å². The SMILES string of the molecule is CCOC(C)n1cc(-c2c(C(N)=O)cnn3c(NCC(=O)O)ccc23)cn1. The maximum Gasteiger partial charge on any atom is 0.322 e. The molecule has 0 aromatic carbocycles. The number of aliphatic carboxylic acids is 1. The van der Waals surface area contributed by atoms with Crippen LogP contribution in [0, 0.1) is 0 Å². The second-order valence-corrected chi connectivity index (χ2v) is 5.82. The number of nitrogens with two attached hydrogens (primary N) is 1. The fourth-order valence-corrected chi connectivity index (χ4v) is 2.83. The average molecular weight is 372 g/mol. The maximum absolute atomic E-state index is 11.9. The van der Waals surface area contributed by atoms with Gasteiger partial charge >= 0.3 is 5.97 Å². The molecule has 0 bridgehead atoms. The Morgan fingerprint density at radius 2 is 2.11 bits per heavy atom. The predicted molar refractivity (Wildman–Crippen MR) is 97.4 cm³/mol. The highest BCUT2D eigenvalue weighted by molar-refractivity contribution is 6.03. The summed E-state index contributed by atoms with van der Waals surface area (Å²) in [6.07, 6.45) is 4.48. The van der Waals surface area contributed by atoms with E-state index in [1.165, 1.54) is 10.7 Å². The fraction of sp³-hybridized carbons (Fsp3) is 0.294. The lowest BCUT2D eigenvalue weighted by Gasteiger charge is -2.12. The summed E-state index contributed by atoms with van der Waals surface area (Å²) in [5.41, 5.74) is 7.61. The molecule has 3 aromatic rings. The topological polar surface area (TPSA) is 137 Å². The monoisotopic (exact) mass is 372 g/mol. The van der Waals surface area contributed by atoms with Crippen LogP contribution in [0.15, 0.2) is 30.7 Å². The molecule has 3 heterocycles. The molecule has 0 saturated carbocycles. The van der Waals surface area contributed by atoms with Crippen LogP contribution in [0.25, 0.3) is 16.6 Å². The number of carboxylic acids is 1. The smallest absolute Gasteiger partial charge is 0.322 e. The number of carbonyl (C=O) groups is 2. The number of fused-ring (bicyclic) bond motifs is 1. The summed E-state index contributed by atoms with van der Waals surface area (Å²) in [6.45, 7) is 4.04. The molecule has 27 heavy (non-hydrogen) atoms. The first-order valence-electron chi connectivity index (χ1n) is 8.34. The van der Waals surface area contributed by atoms with Crippen LogP contribution >= 0.6 is 0 Å². The zero-order chi connectivity index (χ0) is 19.6. The van der Waals surface area contributed by atoms with Crippen LogP contribution in [-0.4, -0.2) is 49.5 Å². The third-order valence-corrected chi connectivity index (χ3v) is 4.04. The highest BCUT2D eigenvalue weighted by Crippen LogP contribution is 2.30. The van der Waals surface area contributed by atoms with Gasteiger partial charge in [0.1, 0.15) is 18.6 Å². The van der Waals surface area contributed by atoms with Crippen molar-refractivity contribution in [2.45, 2.75) is 20.1 Å². The minimum atomic E-state index is -0.995. The van der Waals surface area contributed by atoms with Crippen LogP contribution in [0.4, 0.5) is 5.82 Å². The van der Waals surface area contributed by atoms with Gasteiger partial charge in [0.05, 0.1) is 23.5 Å². The van der Waals surface area contributed by atoms with Gasteiger partial charge in [-0.15, -0.1) is 0 Å². The predicted octanol–water partition coefficient (Wildman–Crippen LogP) is 1.35. The van der Waals surface area contributed by atoms with Crippen molar-refractivity contribution in [3.63, 3.8) is 0 Å². The molecule has 0 radical (unpaired) electrons. The summed E-state index contributed by atoms with van der Waals surface area (Å²) in [6, 6.07) is 3.43. The Bertz CT molecular complexity index is 993. The van der Waals surface area contributed by atoms with Gasteiger partial charge in [0.2, 0.25) is 0 Å². The Hall–Kier alpha value is -3.40. The van der Waals surface area contributed by atoms with Crippen molar-refractivity contribution in [3.05, 3.63) is 36.3 Å². The second kappa shape index (κ2) is 7.46. The van der Waals surface area contributed by atoms with Crippen molar-refractivity contribution in [2.24, 2.45) is 5.73 Å². The molecule has 0 fully saturated rings. The first-order chi connectivity index (χ1) is 12.9. The van der Waals surface area contributed by atoms with Crippen molar-refractivity contribution in [1.82, 2.24) is 19.4 Å². The normalized spacial score (nSPS) is 12.2. The fourth-order valence-electron chi connectivity index (χ4n) is 2.83. The van der Waals surface area contributed by atoms with Crippen LogP contribution in [-0.2, 0) is 9.53 Å². The Labute approximate surface area is 154 Å². The molecule has 0 aliphatic carbocycles. The number of nitrogens with zero attached hydrogens (tertiary/aromatic N) is 4. The first-order valence-corrected chi connectivity index (χ1v) is 8.34. The van der Waals surface area contributed by atoms with Crippen molar-refractivity contribution in [2.75, 3.05) is 18.5 Å². The lowest BCUT2D eigenvalue weighted by molar-refractivity contribution is -0.134. The largest absolute Gasteiger partial charge is 0.480 e. The van der Waals surface area contributed by atoms with Gasteiger partial charge in [-0.05, 0) is 26.0 Å². The van der Waals surface area contributed by atoms with Crippen LogP contribution in [0.1, 0.15) is 30.4 Å². The number of ether oxygens (including phenoxy) is 1. The van der Waals surface area contributed by atoms with Gasteiger partial charge in [-0.25, -0.2) is 9.20 Å². The van der Waals surface area contributed by atoms with E-state index in [2.05, 4.69) is 15.5 Å². The molecule has 142 valence electrons. The van der Waals surface area contributed by atoms with E-state index in [1.807, 2.05) is 13.8 Å². The third kappa shape index (κ3) is 3.60. The molecule has 4 N–H and O–H groups in total. The van der Waals surface area contributed by atoms with Crippen LogP contribution in [0.2, 0.25) is 0 Å². The summed E-state index contributed by atoms with van der Waals surface area (Å²) in [4.78, 5) is 22.7. The third-order valence-electron chi connectivity index (χ3n) is 4.04. The zero-order valence-electron chi connectivity index (χ0n) is 14.9. The summed E-state index contributed by atoms with van der Waals surface area (Å²) in [5.74, 6) is -1.13. The minimum Gasteiger partial charge on any atom is -0.480 e. The number of hydrogen-bond acceptors (Lipinski definition) is 6. The van der Waals surface area contributed by atoms with Crippen LogP contribution < -0.4 is 11.1 Å². The van der Waals surface area contributed by atoms with Crippen molar-refractivity contribution in [3.8, 4) is 11.1 Å². The molecule has 1 amide bonds. The van der Waals surface area contributed by atoms with Crippen LogP contribution in [0.3, 0.4) is 0 Å². The molecule has 0 aliphatic heterocycles. The number of carbonyl (C=O) groups excluding carboxylic acids is 1. The van der Waals surface area contributed by atoms with E-state index >= 15 is 0 Å². The molecule has 10 heteroatoms. The lowest BCUT2D eigenvalue weighted by Crippen LogP contribution is -2.16. The Kier molecular flexibility index (Phi) is 5.08. The van der Waals surface area contributed by atoms with Gasteiger partial charge in [0, 0.05) is 23.9 Å². The van der Waals surface area contributed by atoms with E-state index in [9.17, 15) is 9.59 Å². The van der Waals surface area contributed by atoms with Gasteiger partial charge in [0.15, 0.2) is 0 Å². The average Bonchev–Trinajstić information content (AvgIpc) is 3.26. The van der Waals surface area contributed by atoms with E-state index in [-0.39, 0.29) is 18.3 Å². The van der Waals surface area contributed by atoms with E-state index in [0.717, 1.165) is 0 Å². The molecular formula is C17H20N6O4. The van der Waals surface area contributed by atoms with Gasteiger partial charge in [0.25, 0.3) is 5.91 Å². The quantitative estimate of drug-likeness (QED) is 0.543. The molecule has 0 saturated heterocycles. The number of amides is 1. The summed E-state index contributed by atoms with van der Waals surface area (Å²) in [7, 11) is 0. The van der Waals surface area contributed by atoms with Gasteiger partial charge in [-0.3, -0.25) is 9.59 Å². The molecule has 10 nitrogen and oxygen atoms in total. The number of carboxylic acid groups (broad SMARTS) is 1. The summed E-state index contributed by atoms with van der Waals surface area (Å²) < 4.78 is 8.69. The summed E-state index contributed by atoms with van der Waals surface area (Å²) in [5, 5.41) is 20.1. The molecule has 0 spiro atoms. The number of rotatable bonds is 8. The van der Waals surface area contributed by atoms with Crippen molar-refractivity contribution >= 4 is 23.2 Å². The highest BCUT2D eigenvalue weighted by atomic mass is 16.5. The Balaban J connectivity index is 2.11. The Morgan fingerprint density at radius 3 is 2.78 bits per heavy atom. The van der Waals surface area contributed by atoms with Gasteiger partial charge in [-0.1, -0.05) is 0 Å². The van der Waals surface area contributed by atoms with Gasteiger partial charge < -0.3 is 20.9 Å².